The number of carbonyl (C=O) groups excluding carboxylic acids is 1. The molecular weight excluding hydrogens is 316 g/mol. The van der Waals surface area contributed by atoms with Gasteiger partial charge in [0.15, 0.2) is 0 Å². The molecule has 1 amide bonds. The van der Waals surface area contributed by atoms with E-state index in [2.05, 4.69) is 35.2 Å². The first kappa shape index (κ1) is 17.0. The Morgan fingerprint density at radius 1 is 1.12 bits per heavy atom. The average Bonchev–Trinajstić information content (AvgIpc) is 3.30. The second-order valence-corrected chi connectivity index (χ2v) is 7.41. The smallest absolute Gasteiger partial charge is 0.222 e. The van der Waals surface area contributed by atoms with Crippen molar-refractivity contribution in [2.24, 2.45) is 0 Å². The number of rotatable bonds is 5. The summed E-state index contributed by atoms with van der Waals surface area (Å²) in [6.07, 6.45) is 4.15. The summed E-state index contributed by atoms with van der Waals surface area (Å²) >= 11 is 0. The summed E-state index contributed by atoms with van der Waals surface area (Å²) in [6, 6.07) is 10.9. The second kappa shape index (κ2) is 7.85. The van der Waals surface area contributed by atoms with Gasteiger partial charge in [-0.3, -0.25) is 9.69 Å². The molecule has 3 aliphatic heterocycles. The molecule has 3 saturated heterocycles. The SMILES string of the molecule is O=C(CCC1CCCO1)N1CC2OCCN(Cc3ccccc3)C2C1. The van der Waals surface area contributed by atoms with Crippen molar-refractivity contribution in [1.82, 2.24) is 9.80 Å². The molecule has 5 heteroatoms. The van der Waals surface area contributed by atoms with Crippen LogP contribution in [0.25, 0.3) is 0 Å². The van der Waals surface area contributed by atoms with E-state index in [1.165, 1.54) is 5.56 Å². The van der Waals surface area contributed by atoms with Gasteiger partial charge in [0.05, 0.1) is 24.9 Å². The molecule has 3 heterocycles. The summed E-state index contributed by atoms with van der Waals surface area (Å²) in [5.41, 5.74) is 1.33. The number of likely N-dealkylation sites (tertiary alicyclic amines) is 1. The molecule has 0 saturated carbocycles. The maximum atomic E-state index is 12.6. The van der Waals surface area contributed by atoms with Gasteiger partial charge in [0.1, 0.15) is 0 Å². The highest BCUT2D eigenvalue weighted by molar-refractivity contribution is 5.76. The second-order valence-electron chi connectivity index (χ2n) is 7.41. The van der Waals surface area contributed by atoms with E-state index in [4.69, 9.17) is 9.47 Å². The van der Waals surface area contributed by atoms with E-state index in [1.807, 2.05) is 4.90 Å². The number of ether oxygens (including phenoxy) is 2. The van der Waals surface area contributed by atoms with Crippen LogP contribution in [-0.2, 0) is 20.8 Å². The first-order chi connectivity index (χ1) is 12.3. The Morgan fingerprint density at radius 2 is 2.00 bits per heavy atom. The highest BCUT2D eigenvalue weighted by Gasteiger charge is 2.41. The molecule has 0 spiro atoms. The molecule has 4 rings (SSSR count). The molecule has 3 aliphatic rings. The van der Waals surface area contributed by atoms with Crippen molar-refractivity contribution in [3.05, 3.63) is 35.9 Å². The fourth-order valence-corrected chi connectivity index (χ4v) is 4.29. The van der Waals surface area contributed by atoms with E-state index in [0.717, 1.165) is 58.7 Å². The van der Waals surface area contributed by atoms with Crippen LogP contribution in [0, 0.1) is 0 Å². The van der Waals surface area contributed by atoms with Gasteiger partial charge in [-0.15, -0.1) is 0 Å². The first-order valence-electron chi connectivity index (χ1n) is 9.58. The third-order valence-electron chi connectivity index (χ3n) is 5.70. The van der Waals surface area contributed by atoms with Crippen LogP contribution in [0.15, 0.2) is 30.3 Å². The molecule has 1 aromatic carbocycles. The lowest BCUT2D eigenvalue weighted by Gasteiger charge is -2.36. The van der Waals surface area contributed by atoms with Crippen molar-refractivity contribution in [1.29, 1.82) is 0 Å². The van der Waals surface area contributed by atoms with E-state index in [9.17, 15) is 4.79 Å². The van der Waals surface area contributed by atoms with E-state index in [0.29, 0.717) is 18.6 Å². The molecule has 136 valence electrons. The number of carbonyl (C=O) groups is 1. The van der Waals surface area contributed by atoms with Gasteiger partial charge < -0.3 is 14.4 Å². The van der Waals surface area contributed by atoms with E-state index in [1.54, 1.807) is 0 Å². The summed E-state index contributed by atoms with van der Waals surface area (Å²) in [5.74, 6) is 0.258. The van der Waals surface area contributed by atoms with Crippen molar-refractivity contribution in [2.75, 3.05) is 32.8 Å². The lowest BCUT2D eigenvalue weighted by molar-refractivity contribution is -0.131. The molecular formula is C20H28N2O3. The zero-order valence-corrected chi connectivity index (χ0v) is 14.8. The predicted molar refractivity (Wildman–Crippen MR) is 95.2 cm³/mol. The Hall–Kier alpha value is -1.43. The van der Waals surface area contributed by atoms with Gasteiger partial charge in [-0.05, 0) is 24.8 Å². The number of amides is 1. The quantitative estimate of drug-likeness (QED) is 0.820. The molecule has 25 heavy (non-hydrogen) atoms. The lowest BCUT2D eigenvalue weighted by atomic mass is 10.1. The first-order valence-corrected chi connectivity index (χ1v) is 9.58. The predicted octanol–water partition coefficient (Wildman–Crippen LogP) is 2.06. The van der Waals surface area contributed by atoms with Gasteiger partial charge in [0.2, 0.25) is 5.91 Å². The summed E-state index contributed by atoms with van der Waals surface area (Å²) in [7, 11) is 0. The summed E-state index contributed by atoms with van der Waals surface area (Å²) < 4.78 is 11.6. The monoisotopic (exact) mass is 344 g/mol. The van der Waals surface area contributed by atoms with Gasteiger partial charge in [0.25, 0.3) is 0 Å². The van der Waals surface area contributed by atoms with Crippen LogP contribution in [-0.4, -0.2) is 66.8 Å². The van der Waals surface area contributed by atoms with E-state index < -0.39 is 0 Å². The largest absolute Gasteiger partial charge is 0.378 e. The van der Waals surface area contributed by atoms with Gasteiger partial charge >= 0.3 is 0 Å². The number of morpholine rings is 1. The Labute approximate surface area is 149 Å². The molecule has 3 atom stereocenters. The maximum absolute atomic E-state index is 12.6. The Kier molecular flexibility index (Phi) is 5.34. The number of hydrogen-bond acceptors (Lipinski definition) is 4. The van der Waals surface area contributed by atoms with Gasteiger partial charge in [-0.25, -0.2) is 0 Å². The highest BCUT2D eigenvalue weighted by Crippen LogP contribution is 2.26. The van der Waals surface area contributed by atoms with Crippen LogP contribution >= 0.6 is 0 Å². The van der Waals surface area contributed by atoms with Gasteiger partial charge in [0, 0.05) is 39.2 Å². The normalized spacial score (nSPS) is 29.8. The minimum Gasteiger partial charge on any atom is -0.378 e. The summed E-state index contributed by atoms with van der Waals surface area (Å²) in [4.78, 5) is 17.1. The van der Waals surface area contributed by atoms with Crippen molar-refractivity contribution in [2.45, 2.75) is 50.5 Å². The average molecular weight is 344 g/mol. The molecule has 0 aromatic heterocycles. The number of fused-ring (bicyclic) bond motifs is 1. The van der Waals surface area contributed by atoms with Crippen molar-refractivity contribution in [3.63, 3.8) is 0 Å². The number of benzene rings is 1. The van der Waals surface area contributed by atoms with Crippen molar-refractivity contribution in [3.8, 4) is 0 Å². The van der Waals surface area contributed by atoms with Crippen molar-refractivity contribution >= 4 is 5.91 Å². The lowest BCUT2D eigenvalue weighted by Crippen LogP contribution is -2.50. The van der Waals surface area contributed by atoms with E-state index in [-0.39, 0.29) is 12.0 Å². The van der Waals surface area contributed by atoms with Crippen LogP contribution in [0.2, 0.25) is 0 Å². The number of hydrogen-bond donors (Lipinski definition) is 0. The Morgan fingerprint density at radius 3 is 2.80 bits per heavy atom. The van der Waals surface area contributed by atoms with E-state index >= 15 is 0 Å². The fourth-order valence-electron chi connectivity index (χ4n) is 4.29. The maximum Gasteiger partial charge on any atom is 0.222 e. The van der Waals surface area contributed by atoms with Crippen LogP contribution in [0.1, 0.15) is 31.2 Å². The Balaban J connectivity index is 1.32. The van der Waals surface area contributed by atoms with Crippen LogP contribution in [0.4, 0.5) is 0 Å². The summed E-state index contributed by atoms with van der Waals surface area (Å²) in [6.45, 7) is 5.01. The molecule has 1 aromatic rings. The third-order valence-corrected chi connectivity index (χ3v) is 5.70. The Bertz CT molecular complexity index is 574. The zero-order chi connectivity index (χ0) is 17.1. The van der Waals surface area contributed by atoms with Crippen LogP contribution in [0.3, 0.4) is 0 Å². The molecule has 0 N–H and O–H groups in total. The zero-order valence-electron chi connectivity index (χ0n) is 14.8. The van der Waals surface area contributed by atoms with Crippen LogP contribution in [0.5, 0.6) is 0 Å². The fraction of sp³-hybridized carbons (Fsp3) is 0.650. The minimum atomic E-state index is 0.157. The molecule has 0 bridgehead atoms. The van der Waals surface area contributed by atoms with Gasteiger partial charge in [-0.2, -0.15) is 0 Å². The molecule has 0 radical (unpaired) electrons. The number of nitrogens with zero attached hydrogens (tertiary/aromatic N) is 2. The molecule has 0 aliphatic carbocycles. The van der Waals surface area contributed by atoms with Gasteiger partial charge in [-0.1, -0.05) is 30.3 Å². The highest BCUT2D eigenvalue weighted by atomic mass is 16.5. The van der Waals surface area contributed by atoms with Crippen LogP contribution < -0.4 is 0 Å². The van der Waals surface area contributed by atoms with Crippen molar-refractivity contribution < 1.29 is 14.3 Å². The molecule has 5 nitrogen and oxygen atoms in total. The molecule has 3 fully saturated rings. The molecule has 3 unspecified atom stereocenters. The topological polar surface area (TPSA) is 42.0 Å². The summed E-state index contributed by atoms with van der Waals surface area (Å²) in [5, 5.41) is 0. The third kappa shape index (κ3) is 4.05. The standard InChI is InChI=1S/C20H28N2O3/c23-20(9-8-17-7-4-11-24-17)22-14-18-19(15-22)25-12-10-21(18)13-16-5-2-1-3-6-16/h1-3,5-6,17-19H,4,7-15H2. The minimum absolute atomic E-state index is 0.157.